The molecule has 1 atom stereocenters. The topological polar surface area (TPSA) is 46.6 Å². The first kappa shape index (κ1) is 25.0. The lowest BCUT2D eigenvalue weighted by molar-refractivity contribution is 0.151. The van der Waals surface area contributed by atoms with Crippen LogP contribution in [0.3, 0.4) is 0 Å². The van der Waals surface area contributed by atoms with E-state index in [1.54, 1.807) is 13.3 Å². The maximum absolute atomic E-state index is 5.88. The number of hydrogen-bond acceptors (Lipinski definition) is 5. The summed E-state index contributed by atoms with van der Waals surface area (Å²) in [5, 5.41) is 3.52. The molecule has 1 saturated heterocycles. The van der Waals surface area contributed by atoms with E-state index in [0.717, 1.165) is 43.2 Å². The number of halogens is 2. The normalized spacial score (nSPS) is 16.0. The van der Waals surface area contributed by atoms with Crippen molar-refractivity contribution in [1.29, 1.82) is 0 Å². The third-order valence-electron chi connectivity index (χ3n) is 5.29. The van der Waals surface area contributed by atoms with Crippen LogP contribution in [-0.2, 0) is 13.2 Å². The fourth-order valence-corrected chi connectivity index (χ4v) is 3.76. The van der Waals surface area contributed by atoms with E-state index >= 15 is 0 Å². The van der Waals surface area contributed by atoms with Gasteiger partial charge in [0.05, 0.1) is 13.2 Å². The van der Waals surface area contributed by atoms with Crippen LogP contribution in [0.25, 0.3) is 0 Å². The van der Waals surface area contributed by atoms with Crippen molar-refractivity contribution in [3.05, 3.63) is 89.7 Å². The number of hydrogen-bond donors (Lipinski definition) is 1. The molecule has 4 rings (SSSR count). The molecule has 0 amide bonds. The number of para-hydroxylation sites is 1. The first-order valence-electron chi connectivity index (χ1n) is 10.0. The smallest absolute Gasteiger partial charge is 0.123 e. The average molecular weight is 462 g/mol. The van der Waals surface area contributed by atoms with Crippen molar-refractivity contribution in [2.45, 2.75) is 19.2 Å². The molecule has 3 aromatic rings. The van der Waals surface area contributed by atoms with Gasteiger partial charge in [-0.1, -0.05) is 36.4 Å². The summed E-state index contributed by atoms with van der Waals surface area (Å²) in [4.78, 5) is 6.63. The lowest BCUT2D eigenvalue weighted by atomic mass is 10.0. The lowest BCUT2D eigenvalue weighted by Gasteiger charge is -2.37. The number of pyridine rings is 1. The standard InChI is InChI=1S/C24H27N3O2.2ClH/c1-28-24-7-3-2-6-22(24)23-16-26-13-14-27(23)17-19-8-10-21(11-9-19)29-18-20-5-4-12-25-15-20;;/h2-12,15,23,26H,13-14,16-18H2,1H3;2*1H. The van der Waals surface area contributed by atoms with Gasteiger partial charge in [0.25, 0.3) is 0 Å². The van der Waals surface area contributed by atoms with Gasteiger partial charge >= 0.3 is 0 Å². The van der Waals surface area contributed by atoms with Crippen molar-refractivity contribution in [3.63, 3.8) is 0 Å². The van der Waals surface area contributed by atoms with E-state index in [0.29, 0.717) is 12.6 Å². The average Bonchev–Trinajstić information content (AvgIpc) is 2.80. The van der Waals surface area contributed by atoms with Gasteiger partial charge in [0.2, 0.25) is 0 Å². The van der Waals surface area contributed by atoms with Crippen LogP contribution in [-0.4, -0.2) is 36.6 Å². The van der Waals surface area contributed by atoms with Crippen LogP contribution in [0.1, 0.15) is 22.7 Å². The van der Waals surface area contributed by atoms with E-state index in [-0.39, 0.29) is 24.8 Å². The minimum Gasteiger partial charge on any atom is -0.496 e. The first-order chi connectivity index (χ1) is 14.3. The minimum atomic E-state index is 0. The summed E-state index contributed by atoms with van der Waals surface area (Å²) in [6.45, 7) is 4.35. The summed E-state index contributed by atoms with van der Waals surface area (Å²) in [5.74, 6) is 1.82. The van der Waals surface area contributed by atoms with Crippen LogP contribution >= 0.6 is 24.8 Å². The first-order valence-corrected chi connectivity index (χ1v) is 10.0. The molecule has 0 spiro atoms. The molecule has 166 valence electrons. The van der Waals surface area contributed by atoms with Gasteiger partial charge in [-0.15, -0.1) is 24.8 Å². The zero-order chi connectivity index (χ0) is 19.9. The van der Waals surface area contributed by atoms with Gasteiger partial charge in [-0.3, -0.25) is 9.88 Å². The Hall–Kier alpha value is -2.31. The Morgan fingerprint density at radius 2 is 1.81 bits per heavy atom. The van der Waals surface area contributed by atoms with Crippen molar-refractivity contribution >= 4 is 24.8 Å². The Morgan fingerprint density at radius 3 is 2.55 bits per heavy atom. The monoisotopic (exact) mass is 461 g/mol. The second-order valence-electron chi connectivity index (χ2n) is 7.23. The highest BCUT2D eigenvalue weighted by Gasteiger charge is 2.26. The van der Waals surface area contributed by atoms with E-state index in [1.165, 1.54) is 11.1 Å². The molecular formula is C24H29Cl2N3O2. The minimum absolute atomic E-state index is 0. The van der Waals surface area contributed by atoms with E-state index in [1.807, 2.05) is 42.6 Å². The maximum Gasteiger partial charge on any atom is 0.123 e. The molecule has 1 unspecified atom stereocenters. The summed E-state index contributed by atoms with van der Waals surface area (Å²) in [7, 11) is 1.74. The van der Waals surface area contributed by atoms with Gasteiger partial charge in [-0.05, 0) is 29.8 Å². The quantitative estimate of drug-likeness (QED) is 0.554. The molecule has 0 saturated carbocycles. The van der Waals surface area contributed by atoms with E-state index < -0.39 is 0 Å². The third kappa shape index (κ3) is 6.58. The number of rotatable bonds is 7. The van der Waals surface area contributed by atoms with Crippen molar-refractivity contribution in [2.75, 3.05) is 26.7 Å². The summed E-state index contributed by atoms with van der Waals surface area (Å²) in [5.41, 5.74) is 3.58. The molecule has 1 N–H and O–H groups in total. The second-order valence-corrected chi connectivity index (χ2v) is 7.23. The SMILES string of the molecule is COc1ccccc1C1CNCCN1Cc1ccc(OCc2cccnc2)cc1.Cl.Cl. The number of piperazine rings is 1. The van der Waals surface area contributed by atoms with E-state index in [9.17, 15) is 0 Å². The second kappa shape index (κ2) is 12.5. The molecule has 2 heterocycles. The number of nitrogens with one attached hydrogen (secondary N) is 1. The van der Waals surface area contributed by atoms with E-state index in [2.05, 4.69) is 39.5 Å². The molecule has 0 aliphatic carbocycles. The van der Waals surface area contributed by atoms with Crippen LogP contribution in [0.4, 0.5) is 0 Å². The predicted octanol–water partition coefficient (Wildman–Crippen LogP) is 4.66. The fourth-order valence-electron chi connectivity index (χ4n) is 3.76. The number of benzene rings is 2. The molecule has 31 heavy (non-hydrogen) atoms. The van der Waals surface area contributed by atoms with Crippen LogP contribution in [0.15, 0.2) is 73.1 Å². The Morgan fingerprint density at radius 1 is 1.00 bits per heavy atom. The Balaban J connectivity index is 0.00000171. The molecule has 7 heteroatoms. The molecule has 0 bridgehead atoms. The molecule has 0 radical (unpaired) electrons. The Labute approximate surface area is 196 Å². The zero-order valence-electron chi connectivity index (χ0n) is 17.6. The molecule has 5 nitrogen and oxygen atoms in total. The predicted molar refractivity (Wildman–Crippen MR) is 129 cm³/mol. The highest BCUT2D eigenvalue weighted by Crippen LogP contribution is 2.31. The lowest BCUT2D eigenvalue weighted by Crippen LogP contribution is -2.45. The van der Waals surface area contributed by atoms with Gasteiger partial charge in [0.1, 0.15) is 18.1 Å². The van der Waals surface area contributed by atoms with Gasteiger partial charge in [0, 0.05) is 49.7 Å². The zero-order valence-corrected chi connectivity index (χ0v) is 19.2. The third-order valence-corrected chi connectivity index (χ3v) is 5.29. The molecule has 1 aliphatic rings. The van der Waals surface area contributed by atoms with Gasteiger partial charge in [-0.2, -0.15) is 0 Å². The molecule has 1 fully saturated rings. The summed E-state index contributed by atoms with van der Waals surface area (Å²) < 4.78 is 11.5. The summed E-state index contributed by atoms with van der Waals surface area (Å²) >= 11 is 0. The Bertz CT molecular complexity index is 910. The highest BCUT2D eigenvalue weighted by molar-refractivity contribution is 5.85. The number of ether oxygens (including phenoxy) is 2. The number of nitrogens with zero attached hydrogens (tertiary/aromatic N) is 2. The van der Waals surface area contributed by atoms with Gasteiger partial charge in [-0.25, -0.2) is 0 Å². The van der Waals surface area contributed by atoms with Crippen molar-refractivity contribution in [2.24, 2.45) is 0 Å². The van der Waals surface area contributed by atoms with Crippen LogP contribution < -0.4 is 14.8 Å². The number of aromatic nitrogens is 1. The van der Waals surface area contributed by atoms with Gasteiger partial charge in [0.15, 0.2) is 0 Å². The Kier molecular flexibility index (Phi) is 10.1. The maximum atomic E-state index is 5.88. The van der Waals surface area contributed by atoms with Crippen molar-refractivity contribution < 1.29 is 9.47 Å². The number of methoxy groups -OCH3 is 1. The highest BCUT2D eigenvalue weighted by atomic mass is 35.5. The molecular weight excluding hydrogens is 433 g/mol. The molecule has 1 aromatic heterocycles. The van der Waals surface area contributed by atoms with Crippen LogP contribution in [0, 0.1) is 0 Å². The van der Waals surface area contributed by atoms with Crippen LogP contribution in [0.5, 0.6) is 11.5 Å². The van der Waals surface area contributed by atoms with Crippen LogP contribution in [0.2, 0.25) is 0 Å². The molecule has 2 aromatic carbocycles. The summed E-state index contributed by atoms with van der Waals surface area (Å²) in [6.07, 6.45) is 3.60. The van der Waals surface area contributed by atoms with Crippen molar-refractivity contribution in [3.8, 4) is 11.5 Å². The molecule has 1 aliphatic heterocycles. The largest absolute Gasteiger partial charge is 0.496 e. The van der Waals surface area contributed by atoms with E-state index in [4.69, 9.17) is 9.47 Å². The summed E-state index contributed by atoms with van der Waals surface area (Å²) in [6, 6.07) is 20.9. The van der Waals surface area contributed by atoms with Crippen molar-refractivity contribution in [1.82, 2.24) is 15.2 Å². The fraction of sp³-hybridized carbons (Fsp3) is 0.292. The van der Waals surface area contributed by atoms with Gasteiger partial charge < -0.3 is 14.8 Å².